The van der Waals surface area contributed by atoms with Crippen LogP contribution in [0.15, 0.2) is 12.4 Å². The predicted octanol–water partition coefficient (Wildman–Crippen LogP) is -0.945. The number of amides is 3. The van der Waals surface area contributed by atoms with E-state index in [2.05, 4.69) is 10.4 Å². The molecule has 0 radical (unpaired) electrons. The normalized spacial score (nSPS) is 17.5. The van der Waals surface area contributed by atoms with E-state index in [1.807, 2.05) is 0 Å². The Bertz CT molecular complexity index is 635. The Morgan fingerprint density at radius 3 is 2.76 bits per heavy atom. The van der Waals surface area contributed by atoms with Crippen molar-refractivity contribution in [1.82, 2.24) is 20.0 Å². The molecule has 3 amide bonds. The lowest BCUT2D eigenvalue weighted by Gasteiger charge is -2.40. The Morgan fingerprint density at radius 2 is 2.19 bits per heavy atom. The standard InChI is InChI=1S/C11H13N5O5/c1-11(2)10(19)13-8(17)5-15(11)9(18)6-14-4-7(3-12-14)16(20)21/h3-4H,5-6H2,1-2H3,(H,13,17,19). The number of aromatic nitrogens is 2. The molecule has 21 heavy (non-hydrogen) atoms. The van der Waals surface area contributed by atoms with E-state index in [-0.39, 0.29) is 18.8 Å². The van der Waals surface area contributed by atoms with Crippen molar-refractivity contribution in [3.63, 3.8) is 0 Å². The van der Waals surface area contributed by atoms with Gasteiger partial charge in [0.15, 0.2) is 0 Å². The maximum absolute atomic E-state index is 12.2. The van der Waals surface area contributed by atoms with E-state index in [0.29, 0.717) is 0 Å². The molecule has 0 aromatic carbocycles. The van der Waals surface area contributed by atoms with Crippen LogP contribution in [0.1, 0.15) is 13.8 Å². The minimum atomic E-state index is -1.18. The van der Waals surface area contributed by atoms with E-state index in [1.165, 1.54) is 13.8 Å². The molecule has 1 fully saturated rings. The van der Waals surface area contributed by atoms with E-state index in [4.69, 9.17) is 0 Å². The summed E-state index contributed by atoms with van der Waals surface area (Å²) in [6, 6.07) is 0. The molecule has 1 saturated heterocycles. The third-order valence-electron chi connectivity index (χ3n) is 3.21. The quantitative estimate of drug-likeness (QED) is 0.435. The number of nitro groups is 1. The summed E-state index contributed by atoms with van der Waals surface area (Å²) in [5.74, 6) is -1.67. The number of nitrogens with zero attached hydrogens (tertiary/aromatic N) is 4. The maximum atomic E-state index is 12.2. The first kappa shape index (κ1) is 14.6. The van der Waals surface area contributed by atoms with Gasteiger partial charge in [0.1, 0.15) is 31.0 Å². The van der Waals surface area contributed by atoms with Crippen LogP contribution in [0.25, 0.3) is 0 Å². The molecule has 0 aliphatic carbocycles. The molecule has 10 nitrogen and oxygen atoms in total. The molecule has 1 aromatic heterocycles. The van der Waals surface area contributed by atoms with E-state index in [1.54, 1.807) is 0 Å². The summed E-state index contributed by atoms with van der Waals surface area (Å²) in [4.78, 5) is 46.4. The maximum Gasteiger partial charge on any atom is 0.307 e. The highest BCUT2D eigenvalue weighted by atomic mass is 16.6. The molecule has 0 spiro atoms. The third kappa shape index (κ3) is 2.73. The molecule has 2 heterocycles. The van der Waals surface area contributed by atoms with Gasteiger partial charge < -0.3 is 4.90 Å². The van der Waals surface area contributed by atoms with Crippen LogP contribution >= 0.6 is 0 Å². The molecule has 1 aromatic rings. The van der Waals surface area contributed by atoms with Crippen LogP contribution in [0.2, 0.25) is 0 Å². The minimum Gasteiger partial charge on any atom is -0.318 e. The summed E-state index contributed by atoms with van der Waals surface area (Å²) in [6.45, 7) is 2.48. The Balaban J connectivity index is 2.16. The van der Waals surface area contributed by atoms with E-state index < -0.39 is 28.2 Å². The Labute approximate surface area is 118 Å². The molecular weight excluding hydrogens is 282 g/mol. The fraction of sp³-hybridized carbons (Fsp3) is 0.455. The zero-order valence-electron chi connectivity index (χ0n) is 11.4. The van der Waals surface area contributed by atoms with Crippen molar-refractivity contribution in [2.75, 3.05) is 6.54 Å². The molecule has 0 bridgehead atoms. The van der Waals surface area contributed by atoms with Crippen molar-refractivity contribution < 1.29 is 19.3 Å². The first-order valence-electron chi connectivity index (χ1n) is 6.03. The average molecular weight is 295 g/mol. The van der Waals surface area contributed by atoms with Gasteiger partial charge in [-0.3, -0.25) is 34.5 Å². The van der Waals surface area contributed by atoms with Crippen LogP contribution in [-0.4, -0.2) is 49.4 Å². The van der Waals surface area contributed by atoms with Crippen LogP contribution in [-0.2, 0) is 20.9 Å². The highest BCUT2D eigenvalue weighted by Crippen LogP contribution is 2.19. The number of hydrogen-bond donors (Lipinski definition) is 1. The van der Waals surface area contributed by atoms with Crippen molar-refractivity contribution in [2.45, 2.75) is 25.9 Å². The number of carbonyl (C=O) groups excluding carboxylic acids is 3. The first-order valence-corrected chi connectivity index (χ1v) is 6.03. The summed E-state index contributed by atoms with van der Waals surface area (Å²) in [6.07, 6.45) is 2.13. The molecule has 1 aliphatic rings. The van der Waals surface area contributed by atoms with Gasteiger partial charge in [-0.25, -0.2) is 0 Å². The zero-order chi connectivity index (χ0) is 15.8. The molecule has 1 aliphatic heterocycles. The SMILES string of the molecule is CC1(C)C(=O)NC(=O)CN1C(=O)Cn1cc([N+](=O)[O-])cn1. The number of carbonyl (C=O) groups is 3. The monoisotopic (exact) mass is 295 g/mol. The van der Waals surface area contributed by atoms with Crippen molar-refractivity contribution in [2.24, 2.45) is 0 Å². The van der Waals surface area contributed by atoms with Gasteiger partial charge in [-0.05, 0) is 13.8 Å². The number of piperazine rings is 1. The smallest absolute Gasteiger partial charge is 0.307 e. The van der Waals surface area contributed by atoms with Crippen molar-refractivity contribution in [1.29, 1.82) is 0 Å². The first-order chi connectivity index (χ1) is 9.71. The second-order valence-electron chi connectivity index (χ2n) is 5.07. The lowest BCUT2D eigenvalue weighted by molar-refractivity contribution is -0.385. The predicted molar refractivity (Wildman–Crippen MR) is 67.8 cm³/mol. The van der Waals surface area contributed by atoms with Crippen LogP contribution in [0.5, 0.6) is 0 Å². The van der Waals surface area contributed by atoms with Crippen LogP contribution < -0.4 is 5.32 Å². The molecule has 0 unspecified atom stereocenters. The lowest BCUT2D eigenvalue weighted by Crippen LogP contribution is -2.65. The molecule has 112 valence electrons. The van der Waals surface area contributed by atoms with E-state index >= 15 is 0 Å². The molecule has 0 saturated carbocycles. The number of rotatable bonds is 3. The van der Waals surface area contributed by atoms with Gasteiger partial charge in [0.25, 0.3) is 5.91 Å². The summed E-state index contributed by atoms with van der Waals surface area (Å²) in [5, 5.41) is 16.4. The van der Waals surface area contributed by atoms with E-state index in [9.17, 15) is 24.5 Å². The number of hydrogen-bond acceptors (Lipinski definition) is 6. The summed E-state index contributed by atoms with van der Waals surface area (Å²) in [7, 11) is 0. The van der Waals surface area contributed by atoms with Crippen LogP contribution in [0, 0.1) is 10.1 Å². The largest absolute Gasteiger partial charge is 0.318 e. The fourth-order valence-corrected chi connectivity index (χ4v) is 1.94. The summed E-state index contributed by atoms with van der Waals surface area (Å²) >= 11 is 0. The summed E-state index contributed by atoms with van der Waals surface area (Å²) < 4.78 is 1.09. The van der Waals surface area contributed by atoms with Crippen molar-refractivity contribution in [3.8, 4) is 0 Å². The van der Waals surface area contributed by atoms with E-state index in [0.717, 1.165) is 22.0 Å². The van der Waals surface area contributed by atoms with Gasteiger partial charge in [-0.15, -0.1) is 0 Å². The van der Waals surface area contributed by atoms with Crippen molar-refractivity contribution >= 4 is 23.4 Å². The Kier molecular flexibility index (Phi) is 3.45. The molecule has 2 rings (SSSR count). The Hall–Kier alpha value is -2.78. The van der Waals surface area contributed by atoms with Gasteiger partial charge in [0, 0.05) is 0 Å². The van der Waals surface area contributed by atoms with Crippen LogP contribution in [0.3, 0.4) is 0 Å². The number of imide groups is 1. The van der Waals surface area contributed by atoms with Gasteiger partial charge in [0.2, 0.25) is 11.8 Å². The fourth-order valence-electron chi connectivity index (χ4n) is 1.94. The van der Waals surface area contributed by atoms with Gasteiger partial charge in [0.05, 0.1) is 4.92 Å². The lowest BCUT2D eigenvalue weighted by atomic mass is 9.98. The van der Waals surface area contributed by atoms with Gasteiger partial charge >= 0.3 is 5.69 Å². The molecule has 10 heteroatoms. The van der Waals surface area contributed by atoms with Crippen molar-refractivity contribution in [3.05, 3.63) is 22.5 Å². The minimum absolute atomic E-state index is 0.241. The number of nitrogens with one attached hydrogen (secondary N) is 1. The highest BCUT2D eigenvalue weighted by Gasteiger charge is 2.43. The highest BCUT2D eigenvalue weighted by molar-refractivity contribution is 6.06. The van der Waals surface area contributed by atoms with Crippen LogP contribution in [0.4, 0.5) is 5.69 Å². The Morgan fingerprint density at radius 1 is 1.52 bits per heavy atom. The molecule has 1 N–H and O–H groups in total. The topological polar surface area (TPSA) is 127 Å². The second kappa shape index (κ2) is 4.96. The molecular formula is C11H13N5O5. The summed E-state index contributed by atoms with van der Waals surface area (Å²) in [5.41, 5.74) is -1.42. The zero-order valence-corrected chi connectivity index (χ0v) is 11.4. The van der Waals surface area contributed by atoms with Gasteiger partial charge in [-0.1, -0.05) is 0 Å². The molecule has 0 atom stereocenters. The van der Waals surface area contributed by atoms with Gasteiger partial charge in [-0.2, -0.15) is 5.10 Å². The second-order valence-corrected chi connectivity index (χ2v) is 5.07. The average Bonchev–Trinajstić information content (AvgIpc) is 2.82. The third-order valence-corrected chi connectivity index (χ3v) is 3.21.